The number of ether oxygens (including phenoxy) is 4. The number of rotatable bonds is 6. The molecular weight excluding hydrogens is 436 g/mol. The minimum atomic E-state index is -0.663. The molecule has 0 saturated carbocycles. The van der Waals surface area contributed by atoms with Gasteiger partial charge in [0.05, 0.1) is 20.3 Å². The van der Waals surface area contributed by atoms with Crippen molar-refractivity contribution in [3.63, 3.8) is 0 Å². The molecule has 2 aromatic carbocycles. The SMILES string of the molecule is COc1ccc(C2C(C(C)=O)=C(C)N=C3C=C(Cc4ccc5c(c4)OCO5)C(=O)N32)c(OC)c1. The number of hydrogen-bond acceptors (Lipinski definition) is 7. The maximum Gasteiger partial charge on any atom is 0.256 e. The van der Waals surface area contributed by atoms with E-state index in [2.05, 4.69) is 4.99 Å². The first-order chi connectivity index (χ1) is 16.4. The second kappa shape index (κ2) is 8.37. The van der Waals surface area contributed by atoms with Crippen LogP contribution in [0.2, 0.25) is 0 Å². The number of Topliss-reactive ketones (excluding diaryl/α,β-unsaturated/α-hetero) is 1. The monoisotopic (exact) mass is 460 g/mol. The van der Waals surface area contributed by atoms with Gasteiger partial charge in [0.15, 0.2) is 17.3 Å². The topological polar surface area (TPSA) is 86.7 Å². The lowest BCUT2D eigenvalue weighted by molar-refractivity contribution is -0.124. The first-order valence-corrected chi connectivity index (χ1v) is 10.9. The highest BCUT2D eigenvalue weighted by Gasteiger charge is 2.43. The first-order valence-electron chi connectivity index (χ1n) is 10.9. The van der Waals surface area contributed by atoms with E-state index in [9.17, 15) is 9.59 Å². The lowest BCUT2D eigenvalue weighted by atomic mass is 9.91. The number of ketones is 1. The van der Waals surface area contributed by atoms with Gasteiger partial charge in [-0.2, -0.15) is 0 Å². The first kappa shape index (κ1) is 21.8. The Morgan fingerprint density at radius 2 is 1.91 bits per heavy atom. The third kappa shape index (κ3) is 3.51. The molecule has 0 aromatic heterocycles. The zero-order valence-electron chi connectivity index (χ0n) is 19.4. The number of fused-ring (bicyclic) bond motifs is 2. The number of aliphatic imine (C=N–C) groups is 1. The van der Waals surface area contributed by atoms with Crippen molar-refractivity contribution >= 4 is 17.5 Å². The molecule has 0 fully saturated rings. The molecule has 3 aliphatic rings. The summed E-state index contributed by atoms with van der Waals surface area (Å²) in [5, 5.41) is 0. The molecule has 1 amide bonds. The fraction of sp³-hybridized carbons (Fsp3) is 0.269. The molecule has 34 heavy (non-hydrogen) atoms. The lowest BCUT2D eigenvalue weighted by Gasteiger charge is -2.34. The summed E-state index contributed by atoms with van der Waals surface area (Å²) in [5.74, 6) is 2.64. The Hall–Kier alpha value is -4.07. The van der Waals surface area contributed by atoms with E-state index >= 15 is 0 Å². The van der Waals surface area contributed by atoms with Crippen molar-refractivity contribution < 1.29 is 28.5 Å². The maximum absolute atomic E-state index is 13.7. The molecule has 0 radical (unpaired) electrons. The van der Waals surface area contributed by atoms with E-state index in [1.165, 1.54) is 6.92 Å². The number of methoxy groups -OCH3 is 2. The van der Waals surface area contributed by atoms with E-state index in [1.54, 1.807) is 44.3 Å². The van der Waals surface area contributed by atoms with Gasteiger partial charge in [0.2, 0.25) is 6.79 Å². The van der Waals surface area contributed by atoms with E-state index in [1.807, 2.05) is 24.3 Å². The van der Waals surface area contributed by atoms with Crippen LogP contribution in [0.25, 0.3) is 0 Å². The van der Waals surface area contributed by atoms with Gasteiger partial charge in [0.1, 0.15) is 17.3 Å². The van der Waals surface area contributed by atoms with Gasteiger partial charge in [-0.1, -0.05) is 6.07 Å². The normalized spacial score (nSPS) is 18.5. The average Bonchev–Trinajstić information content (AvgIpc) is 3.41. The van der Waals surface area contributed by atoms with Crippen LogP contribution < -0.4 is 18.9 Å². The third-order valence-corrected chi connectivity index (χ3v) is 6.19. The summed E-state index contributed by atoms with van der Waals surface area (Å²) in [4.78, 5) is 32.6. The molecule has 8 nitrogen and oxygen atoms in total. The number of nitrogens with zero attached hydrogens (tertiary/aromatic N) is 2. The van der Waals surface area contributed by atoms with Gasteiger partial charge in [-0.05, 0) is 49.8 Å². The zero-order valence-corrected chi connectivity index (χ0v) is 19.4. The van der Waals surface area contributed by atoms with Crippen molar-refractivity contribution in [1.29, 1.82) is 0 Å². The Morgan fingerprint density at radius 3 is 2.65 bits per heavy atom. The summed E-state index contributed by atoms with van der Waals surface area (Å²) >= 11 is 0. The number of amides is 1. The highest BCUT2D eigenvalue weighted by atomic mass is 16.7. The minimum absolute atomic E-state index is 0.153. The van der Waals surface area contributed by atoms with E-state index in [0.29, 0.717) is 57.7 Å². The van der Waals surface area contributed by atoms with Crippen LogP contribution in [0.5, 0.6) is 23.0 Å². The van der Waals surface area contributed by atoms with Crippen molar-refractivity contribution in [1.82, 2.24) is 4.90 Å². The van der Waals surface area contributed by atoms with Gasteiger partial charge in [-0.25, -0.2) is 4.99 Å². The Balaban J connectivity index is 1.55. The Labute approximate surface area is 197 Å². The largest absolute Gasteiger partial charge is 0.497 e. The average molecular weight is 460 g/mol. The van der Waals surface area contributed by atoms with Crippen LogP contribution in [0.1, 0.15) is 31.0 Å². The van der Waals surface area contributed by atoms with Crippen LogP contribution in [0, 0.1) is 0 Å². The molecule has 0 N–H and O–H groups in total. The minimum Gasteiger partial charge on any atom is -0.497 e. The van der Waals surface area contributed by atoms with Gasteiger partial charge < -0.3 is 18.9 Å². The van der Waals surface area contributed by atoms with Crippen LogP contribution in [0.3, 0.4) is 0 Å². The fourth-order valence-electron chi connectivity index (χ4n) is 4.62. The molecule has 0 aliphatic carbocycles. The fourth-order valence-corrected chi connectivity index (χ4v) is 4.62. The van der Waals surface area contributed by atoms with Crippen molar-refractivity contribution in [2.75, 3.05) is 21.0 Å². The molecule has 1 atom stereocenters. The van der Waals surface area contributed by atoms with Crippen LogP contribution in [-0.4, -0.2) is 43.4 Å². The lowest BCUT2D eigenvalue weighted by Crippen LogP contribution is -2.40. The molecule has 0 bridgehead atoms. The van der Waals surface area contributed by atoms with Crippen molar-refractivity contribution in [3.8, 4) is 23.0 Å². The maximum atomic E-state index is 13.7. The predicted octanol–water partition coefficient (Wildman–Crippen LogP) is 3.76. The van der Waals surface area contributed by atoms with Gasteiger partial charge in [0.25, 0.3) is 5.91 Å². The summed E-state index contributed by atoms with van der Waals surface area (Å²) in [7, 11) is 3.12. The van der Waals surface area contributed by atoms with Crippen LogP contribution in [0.15, 0.2) is 64.3 Å². The van der Waals surface area contributed by atoms with Crippen molar-refractivity contribution in [2.24, 2.45) is 4.99 Å². The van der Waals surface area contributed by atoms with E-state index < -0.39 is 6.04 Å². The second-order valence-electron chi connectivity index (χ2n) is 8.24. The number of allylic oxidation sites excluding steroid dienone is 1. The summed E-state index contributed by atoms with van der Waals surface area (Å²) in [6.07, 6.45) is 2.18. The van der Waals surface area contributed by atoms with Gasteiger partial charge in [0, 0.05) is 34.9 Å². The number of benzene rings is 2. The molecule has 0 spiro atoms. The van der Waals surface area contributed by atoms with Crippen LogP contribution in [0.4, 0.5) is 0 Å². The summed E-state index contributed by atoms with van der Waals surface area (Å²) in [5.41, 5.74) is 3.21. The molecule has 174 valence electrons. The molecule has 0 saturated heterocycles. The highest BCUT2D eigenvalue weighted by molar-refractivity contribution is 6.20. The standard InChI is InChI=1S/C26H24N2O6/c1-14-24(15(2)29)25(19-7-6-18(31-3)12-21(19)32-4)28-23(27-14)11-17(26(28)30)9-16-5-8-20-22(10-16)34-13-33-20/h5-8,10-12,25H,9,13H2,1-4H3. The van der Waals surface area contributed by atoms with Crippen LogP contribution in [-0.2, 0) is 16.0 Å². The molecule has 8 heteroatoms. The van der Waals surface area contributed by atoms with Crippen LogP contribution >= 0.6 is 0 Å². The number of carbonyl (C=O) groups is 2. The number of carbonyl (C=O) groups excluding carboxylic acids is 2. The van der Waals surface area contributed by atoms with Crippen molar-refractivity contribution in [3.05, 3.63) is 70.4 Å². The second-order valence-corrected chi connectivity index (χ2v) is 8.24. The van der Waals surface area contributed by atoms with E-state index in [0.717, 1.165) is 5.56 Å². The number of hydrogen-bond donors (Lipinski definition) is 0. The van der Waals surface area contributed by atoms with Gasteiger partial charge in [-0.3, -0.25) is 14.5 Å². The number of amidine groups is 1. The third-order valence-electron chi connectivity index (χ3n) is 6.19. The van der Waals surface area contributed by atoms with Gasteiger partial charge >= 0.3 is 0 Å². The molecule has 5 rings (SSSR count). The summed E-state index contributed by atoms with van der Waals surface area (Å²) in [6, 6.07) is 10.3. The molecule has 3 heterocycles. The molecular formula is C26H24N2O6. The molecule has 1 unspecified atom stereocenters. The Bertz CT molecular complexity index is 1310. The summed E-state index contributed by atoms with van der Waals surface area (Å²) in [6.45, 7) is 3.47. The Kier molecular flexibility index (Phi) is 5.36. The zero-order chi connectivity index (χ0) is 24.0. The van der Waals surface area contributed by atoms with Crippen molar-refractivity contribution in [2.45, 2.75) is 26.3 Å². The Morgan fingerprint density at radius 1 is 1.12 bits per heavy atom. The van der Waals surface area contributed by atoms with E-state index in [4.69, 9.17) is 18.9 Å². The highest BCUT2D eigenvalue weighted by Crippen LogP contribution is 2.43. The summed E-state index contributed by atoms with van der Waals surface area (Å²) < 4.78 is 21.8. The quantitative estimate of drug-likeness (QED) is 0.653. The smallest absolute Gasteiger partial charge is 0.256 e. The molecule has 3 aliphatic heterocycles. The van der Waals surface area contributed by atoms with E-state index in [-0.39, 0.29) is 18.5 Å². The van der Waals surface area contributed by atoms with Gasteiger partial charge in [-0.15, -0.1) is 0 Å². The predicted molar refractivity (Wildman–Crippen MR) is 124 cm³/mol. The molecule has 2 aromatic rings.